The summed E-state index contributed by atoms with van der Waals surface area (Å²) in [5.41, 5.74) is 0. The van der Waals surface area contributed by atoms with Gasteiger partial charge in [0.25, 0.3) is 5.91 Å². The maximum atomic E-state index is 12.3. The second kappa shape index (κ2) is 8.92. The standard InChI is InChI=1S/C16H20Cl2N2O5S/c1-2-20(8-15(21)19-12-5-6-26(23,24)10-12)16(22)9-25-14-7-11(17)3-4-13(14)18/h3-4,7,12H,2,5-6,8-10H2,1H3,(H,19,21). The maximum absolute atomic E-state index is 12.3. The van der Waals surface area contributed by atoms with Crippen LogP contribution in [0.2, 0.25) is 10.0 Å². The van der Waals surface area contributed by atoms with E-state index < -0.39 is 27.7 Å². The number of ether oxygens (including phenoxy) is 1. The van der Waals surface area contributed by atoms with Crippen LogP contribution in [0.15, 0.2) is 18.2 Å². The van der Waals surface area contributed by atoms with Gasteiger partial charge in [0.15, 0.2) is 16.4 Å². The Labute approximate surface area is 162 Å². The van der Waals surface area contributed by atoms with E-state index in [1.54, 1.807) is 19.1 Å². The zero-order valence-electron chi connectivity index (χ0n) is 14.2. The van der Waals surface area contributed by atoms with Gasteiger partial charge in [-0.2, -0.15) is 0 Å². The molecule has 1 heterocycles. The van der Waals surface area contributed by atoms with Gasteiger partial charge in [0.05, 0.1) is 23.1 Å². The zero-order valence-corrected chi connectivity index (χ0v) is 16.5. The molecule has 0 spiro atoms. The molecule has 2 amide bonds. The van der Waals surface area contributed by atoms with E-state index in [4.69, 9.17) is 27.9 Å². The van der Waals surface area contributed by atoms with Gasteiger partial charge in [0.1, 0.15) is 5.75 Å². The number of halogens is 2. The molecule has 1 N–H and O–H groups in total. The van der Waals surface area contributed by atoms with Gasteiger partial charge >= 0.3 is 0 Å². The molecular formula is C16H20Cl2N2O5S. The predicted octanol–water partition coefficient (Wildman–Crippen LogP) is 1.52. The Morgan fingerprint density at radius 1 is 1.35 bits per heavy atom. The summed E-state index contributed by atoms with van der Waals surface area (Å²) in [5, 5.41) is 3.40. The van der Waals surface area contributed by atoms with E-state index in [0.717, 1.165) is 0 Å². The van der Waals surface area contributed by atoms with Crippen molar-refractivity contribution in [3.63, 3.8) is 0 Å². The van der Waals surface area contributed by atoms with Gasteiger partial charge in [-0.1, -0.05) is 23.2 Å². The lowest BCUT2D eigenvalue weighted by Crippen LogP contribution is -2.45. The quantitative estimate of drug-likeness (QED) is 0.718. The molecule has 0 radical (unpaired) electrons. The SMILES string of the molecule is CCN(CC(=O)NC1CCS(=O)(=O)C1)C(=O)COc1cc(Cl)ccc1Cl. The first-order chi connectivity index (χ1) is 12.2. The van der Waals surface area contributed by atoms with Crippen LogP contribution in [0, 0.1) is 0 Å². The van der Waals surface area contributed by atoms with Crippen molar-refractivity contribution in [3.05, 3.63) is 28.2 Å². The minimum atomic E-state index is -3.08. The van der Waals surface area contributed by atoms with Crippen molar-refractivity contribution in [1.82, 2.24) is 10.2 Å². The summed E-state index contributed by atoms with van der Waals surface area (Å²) in [7, 11) is -3.08. The lowest BCUT2D eigenvalue weighted by atomic mass is 10.2. The fourth-order valence-electron chi connectivity index (χ4n) is 2.55. The van der Waals surface area contributed by atoms with Gasteiger partial charge in [0, 0.05) is 23.7 Å². The normalized spacial score (nSPS) is 18.3. The fourth-order valence-corrected chi connectivity index (χ4v) is 4.56. The molecule has 1 saturated heterocycles. The average Bonchev–Trinajstić information content (AvgIpc) is 2.91. The van der Waals surface area contributed by atoms with E-state index in [9.17, 15) is 18.0 Å². The highest BCUT2D eigenvalue weighted by Crippen LogP contribution is 2.27. The minimum Gasteiger partial charge on any atom is -0.482 e. The Kier molecular flexibility index (Phi) is 7.14. The molecule has 0 aliphatic carbocycles. The van der Waals surface area contributed by atoms with Crippen molar-refractivity contribution in [2.45, 2.75) is 19.4 Å². The molecule has 1 atom stereocenters. The molecule has 1 aromatic carbocycles. The Balaban J connectivity index is 1.86. The summed E-state index contributed by atoms with van der Waals surface area (Å²) in [6.45, 7) is 1.58. The number of hydrogen-bond donors (Lipinski definition) is 1. The lowest BCUT2D eigenvalue weighted by Gasteiger charge is -2.21. The van der Waals surface area contributed by atoms with Gasteiger partial charge in [0.2, 0.25) is 5.91 Å². The van der Waals surface area contributed by atoms with E-state index >= 15 is 0 Å². The first kappa shape index (κ1) is 20.8. The number of rotatable bonds is 7. The van der Waals surface area contributed by atoms with Crippen LogP contribution in [-0.2, 0) is 19.4 Å². The smallest absolute Gasteiger partial charge is 0.260 e. The Morgan fingerprint density at radius 2 is 2.08 bits per heavy atom. The molecular weight excluding hydrogens is 403 g/mol. The molecule has 0 saturated carbocycles. The number of likely N-dealkylation sites (N-methyl/N-ethyl adjacent to an activating group) is 1. The largest absolute Gasteiger partial charge is 0.482 e. The number of benzene rings is 1. The summed E-state index contributed by atoms with van der Waals surface area (Å²) >= 11 is 11.8. The molecule has 2 rings (SSSR count). The van der Waals surface area contributed by atoms with Crippen LogP contribution in [-0.4, -0.2) is 62.4 Å². The van der Waals surface area contributed by atoms with Crippen LogP contribution in [0.4, 0.5) is 0 Å². The van der Waals surface area contributed by atoms with Gasteiger partial charge in [-0.3, -0.25) is 9.59 Å². The number of nitrogens with one attached hydrogen (secondary N) is 1. The highest BCUT2D eigenvalue weighted by molar-refractivity contribution is 7.91. The van der Waals surface area contributed by atoms with Crippen molar-refractivity contribution in [2.75, 3.05) is 31.2 Å². The van der Waals surface area contributed by atoms with E-state index in [-0.39, 0.29) is 30.4 Å². The Hall–Kier alpha value is -1.51. The van der Waals surface area contributed by atoms with Crippen molar-refractivity contribution in [3.8, 4) is 5.75 Å². The van der Waals surface area contributed by atoms with Gasteiger partial charge in [-0.05, 0) is 25.5 Å². The van der Waals surface area contributed by atoms with Gasteiger partial charge in [-0.25, -0.2) is 8.42 Å². The first-order valence-corrected chi connectivity index (χ1v) is 10.6. The third-order valence-corrected chi connectivity index (χ3v) is 6.23. The molecule has 1 fully saturated rings. The van der Waals surface area contributed by atoms with Crippen LogP contribution in [0.1, 0.15) is 13.3 Å². The summed E-state index contributed by atoms with van der Waals surface area (Å²) in [5.74, 6) is -0.498. The summed E-state index contributed by atoms with van der Waals surface area (Å²) in [6, 6.07) is 4.26. The predicted molar refractivity (Wildman–Crippen MR) is 99.4 cm³/mol. The van der Waals surface area contributed by atoms with Crippen LogP contribution in [0.3, 0.4) is 0 Å². The molecule has 1 unspecified atom stereocenters. The highest BCUT2D eigenvalue weighted by Gasteiger charge is 2.29. The topological polar surface area (TPSA) is 92.8 Å². The number of nitrogens with zero attached hydrogens (tertiary/aromatic N) is 1. The minimum absolute atomic E-state index is 0.0603. The van der Waals surface area contributed by atoms with E-state index in [1.807, 2.05) is 0 Å². The third-order valence-electron chi connectivity index (χ3n) is 3.91. The fraction of sp³-hybridized carbons (Fsp3) is 0.500. The van der Waals surface area contributed by atoms with Crippen molar-refractivity contribution in [2.24, 2.45) is 0 Å². The monoisotopic (exact) mass is 422 g/mol. The lowest BCUT2D eigenvalue weighted by molar-refractivity contribution is -0.137. The first-order valence-electron chi connectivity index (χ1n) is 8.05. The molecule has 0 bridgehead atoms. The van der Waals surface area contributed by atoms with Crippen LogP contribution < -0.4 is 10.1 Å². The molecule has 26 heavy (non-hydrogen) atoms. The second-order valence-corrected chi connectivity index (χ2v) is 9.01. The second-order valence-electron chi connectivity index (χ2n) is 5.94. The highest BCUT2D eigenvalue weighted by atomic mass is 35.5. The molecule has 1 aliphatic rings. The summed E-state index contributed by atoms with van der Waals surface area (Å²) in [6.07, 6.45) is 0.393. The van der Waals surface area contributed by atoms with Crippen LogP contribution in [0.25, 0.3) is 0 Å². The molecule has 144 valence electrons. The molecule has 10 heteroatoms. The van der Waals surface area contributed by atoms with Gasteiger partial charge in [-0.15, -0.1) is 0 Å². The summed E-state index contributed by atoms with van der Waals surface area (Å²) < 4.78 is 28.2. The number of amides is 2. The zero-order chi connectivity index (χ0) is 19.3. The number of carbonyl (C=O) groups excluding carboxylic acids is 2. The summed E-state index contributed by atoms with van der Waals surface area (Å²) in [4.78, 5) is 25.7. The molecule has 0 aromatic heterocycles. The Bertz CT molecular complexity index is 785. The number of carbonyl (C=O) groups is 2. The van der Waals surface area contributed by atoms with E-state index in [1.165, 1.54) is 11.0 Å². The van der Waals surface area contributed by atoms with Crippen LogP contribution in [0.5, 0.6) is 5.75 Å². The number of hydrogen-bond acceptors (Lipinski definition) is 5. The van der Waals surface area contributed by atoms with Crippen LogP contribution >= 0.6 is 23.2 Å². The Morgan fingerprint density at radius 3 is 2.69 bits per heavy atom. The molecule has 7 nitrogen and oxygen atoms in total. The molecule has 1 aromatic rings. The average molecular weight is 423 g/mol. The van der Waals surface area contributed by atoms with Crippen molar-refractivity contribution < 1.29 is 22.7 Å². The number of sulfone groups is 1. The van der Waals surface area contributed by atoms with Crippen molar-refractivity contribution in [1.29, 1.82) is 0 Å². The maximum Gasteiger partial charge on any atom is 0.260 e. The van der Waals surface area contributed by atoms with E-state index in [2.05, 4.69) is 5.32 Å². The van der Waals surface area contributed by atoms with Crippen molar-refractivity contribution >= 4 is 44.9 Å². The van der Waals surface area contributed by atoms with Gasteiger partial charge < -0.3 is 15.0 Å². The van der Waals surface area contributed by atoms with E-state index in [0.29, 0.717) is 23.0 Å². The molecule has 1 aliphatic heterocycles. The third kappa shape index (κ3) is 6.03.